The van der Waals surface area contributed by atoms with Gasteiger partial charge in [-0.25, -0.2) is 22.8 Å². The SMILES string of the molecule is CC1C=NC(S(=O)(=O)N2CC[C@@H]3[C@@H](CO)N(C)c4ccc(-c5ccc(F)cc5)cc4[C@@H]32)=N1. The zero-order valence-corrected chi connectivity index (χ0v) is 18.7. The summed E-state index contributed by atoms with van der Waals surface area (Å²) in [4.78, 5) is 10.3. The van der Waals surface area contributed by atoms with E-state index in [-0.39, 0.29) is 35.6 Å². The molecule has 4 atom stereocenters. The van der Waals surface area contributed by atoms with E-state index in [1.54, 1.807) is 19.1 Å². The smallest absolute Gasteiger partial charge is 0.278 e. The Morgan fingerprint density at radius 1 is 1.16 bits per heavy atom. The Hall–Kier alpha value is -2.62. The van der Waals surface area contributed by atoms with Gasteiger partial charge in [-0.2, -0.15) is 4.31 Å². The number of rotatable bonds is 3. The summed E-state index contributed by atoms with van der Waals surface area (Å²) in [5.74, 6) is -0.378. The Morgan fingerprint density at radius 2 is 1.88 bits per heavy atom. The summed E-state index contributed by atoms with van der Waals surface area (Å²) in [6.45, 7) is 2.06. The van der Waals surface area contributed by atoms with Gasteiger partial charge in [0.05, 0.1) is 24.7 Å². The van der Waals surface area contributed by atoms with Crippen molar-refractivity contribution in [3.63, 3.8) is 0 Å². The number of halogens is 1. The van der Waals surface area contributed by atoms with E-state index in [1.807, 2.05) is 30.1 Å². The van der Waals surface area contributed by atoms with Gasteiger partial charge in [0, 0.05) is 31.4 Å². The normalized spacial score (nSPS) is 27.4. The van der Waals surface area contributed by atoms with Gasteiger partial charge in [0.1, 0.15) is 5.82 Å². The number of anilines is 1. The number of aliphatic imine (C=N–C) groups is 2. The van der Waals surface area contributed by atoms with Crippen LogP contribution in [-0.2, 0) is 10.0 Å². The Balaban J connectivity index is 1.63. The fraction of sp³-hybridized carbons (Fsp3) is 0.391. The van der Waals surface area contributed by atoms with Crippen molar-refractivity contribution < 1.29 is 17.9 Å². The maximum atomic E-state index is 13.5. The van der Waals surface area contributed by atoms with Crippen molar-refractivity contribution in [3.8, 4) is 11.1 Å². The van der Waals surface area contributed by atoms with E-state index in [4.69, 9.17) is 0 Å². The predicted molar refractivity (Wildman–Crippen MR) is 123 cm³/mol. The van der Waals surface area contributed by atoms with Crippen LogP contribution in [0.5, 0.6) is 0 Å². The van der Waals surface area contributed by atoms with E-state index in [1.165, 1.54) is 22.7 Å². The molecule has 3 aliphatic rings. The second kappa shape index (κ2) is 7.75. The maximum Gasteiger partial charge on any atom is 0.278 e. The zero-order chi connectivity index (χ0) is 22.6. The number of amidine groups is 1. The minimum Gasteiger partial charge on any atom is -0.394 e. The average molecular weight is 457 g/mol. The lowest BCUT2D eigenvalue weighted by atomic mass is 9.81. The number of hydrogen-bond acceptors (Lipinski definition) is 6. The third-order valence-corrected chi connectivity index (χ3v) is 8.43. The monoisotopic (exact) mass is 456 g/mol. The molecule has 0 aromatic heterocycles. The molecule has 1 fully saturated rings. The van der Waals surface area contributed by atoms with Gasteiger partial charge in [-0.3, -0.25) is 0 Å². The Bertz CT molecular complexity index is 1210. The van der Waals surface area contributed by atoms with Gasteiger partial charge in [-0.1, -0.05) is 18.2 Å². The van der Waals surface area contributed by atoms with E-state index >= 15 is 0 Å². The molecule has 2 aromatic carbocycles. The minimum absolute atomic E-state index is 0.0686. The third kappa shape index (κ3) is 3.27. The molecule has 0 bridgehead atoms. The molecule has 5 rings (SSSR count). The fourth-order valence-electron chi connectivity index (χ4n) is 5.15. The first-order chi connectivity index (χ1) is 15.3. The number of nitrogens with zero attached hydrogens (tertiary/aromatic N) is 4. The molecule has 168 valence electrons. The number of benzene rings is 2. The minimum atomic E-state index is -3.88. The van der Waals surface area contributed by atoms with E-state index < -0.39 is 16.1 Å². The second-order valence-electron chi connectivity index (χ2n) is 8.58. The van der Waals surface area contributed by atoms with Gasteiger partial charge in [0.2, 0.25) is 0 Å². The van der Waals surface area contributed by atoms with E-state index in [9.17, 15) is 17.9 Å². The number of aliphatic hydroxyl groups is 1. The maximum absolute atomic E-state index is 13.5. The van der Waals surface area contributed by atoms with Crippen LogP contribution in [0.25, 0.3) is 11.1 Å². The molecule has 0 saturated carbocycles. The van der Waals surface area contributed by atoms with Gasteiger partial charge >= 0.3 is 0 Å². The predicted octanol–water partition coefficient (Wildman–Crippen LogP) is 2.83. The third-order valence-electron chi connectivity index (χ3n) is 6.74. The molecule has 0 aliphatic carbocycles. The molecule has 3 heterocycles. The molecule has 0 spiro atoms. The summed E-state index contributed by atoms with van der Waals surface area (Å²) in [5, 5.41) is 9.98. The molecule has 32 heavy (non-hydrogen) atoms. The lowest BCUT2D eigenvalue weighted by Crippen LogP contribution is -2.48. The van der Waals surface area contributed by atoms with Crippen molar-refractivity contribution in [2.24, 2.45) is 15.9 Å². The van der Waals surface area contributed by atoms with Crippen LogP contribution in [-0.4, -0.2) is 61.5 Å². The zero-order valence-electron chi connectivity index (χ0n) is 17.9. The van der Waals surface area contributed by atoms with Gasteiger partial charge < -0.3 is 10.0 Å². The van der Waals surface area contributed by atoms with Crippen LogP contribution in [0.2, 0.25) is 0 Å². The second-order valence-corrected chi connectivity index (χ2v) is 10.4. The number of fused-ring (bicyclic) bond motifs is 3. The molecule has 0 amide bonds. The highest BCUT2D eigenvalue weighted by atomic mass is 32.2. The molecule has 0 radical (unpaired) electrons. The quantitative estimate of drug-likeness (QED) is 0.770. The molecule has 2 aromatic rings. The van der Waals surface area contributed by atoms with E-state index in [2.05, 4.69) is 9.98 Å². The number of hydrogen-bond donors (Lipinski definition) is 1. The van der Waals surface area contributed by atoms with Crippen LogP contribution in [0.4, 0.5) is 10.1 Å². The van der Waals surface area contributed by atoms with E-state index in [0.29, 0.717) is 13.0 Å². The molecule has 1 N–H and O–H groups in total. The van der Waals surface area contributed by atoms with Crippen molar-refractivity contribution in [2.75, 3.05) is 25.1 Å². The van der Waals surface area contributed by atoms with Crippen molar-refractivity contribution >= 4 is 27.1 Å². The van der Waals surface area contributed by atoms with Gasteiger partial charge in [-0.15, -0.1) is 0 Å². The molecule has 3 aliphatic heterocycles. The Morgan fingerprint density at radius 3 is 2.53 bits per heavy atom. The summed E-state index contributed by atoms with van der Waals surface area (Å²) in [6.07, 6.45) is 2.17. The van der Waals surface area contributed by atoms with Crippen LogP contribution in [0, 0.1) is 11.7 Å². The summed E-state index contributed by atoms with van der Waals surface area (Å²) in [6, 6.07) is 11.2. The van der Waals surface area contributed by atoms with Crippen LogP contribution in [0.3, 0.4) is 0 Å². The molecule has 1 saturated heterocycles. The van der Waals surface area contributed by atoms with Crippen LogP contribution >= 0.6 is 0 Å². The van der Waals surface area contributed by atoms with Crippen molar-refractivity contribution in [1.29, 1.82) is 0 Å². The summed E-state index contributed by atoms with van der Waals surface area (Å²) in [7, 11) is -1.95. The van der Waals surface area contributed by atoms with Gasteiger partial charge in [0.15, 0.2) is 0 Å². The summed E-state index contributed by atoms with van der Waals surface area (Å²) < 4.78 is 41.9. The number of aliphatic hydroxyl groups excluding tert-OH is 1. The van der Waals surface area contributed by atoms with Gasteiger partial charge in [0.25, 0.3) is 15.2 Å². The lowest BCUT2D eigenvalue weighted by molar-refractivity contribution is 0.193. The molecule has 1 unspecified atom stereocenters. The first-order valence-electron chi connectivity index (χ1n) is 10.7. The molecular weight excluding hydrogens is 431 g/mol. The van der Waals surface area contributed by atoms with Crippen LogP contribution in [0.1, 0.15) is 24.9 Å². The largest absolute Gasteiger partial charge is 0.394 e. The highest BCUT2D eigenvalue weighted by Gasteiger charge is 2.51. The first-order valence-corrected chi connectivity index (χ1v) is 12.1. The van der Waals surface area contributed by atoms with Crippen LogP contribution in [0.15, 0.2) is 52.4 Å². The van der Waals surface area contributed by atoms with E-state index in [0.717, 1.165) is 22.4 Å². The summed E-state index contributed by atoms with van der Waals surface area (Å²) >= 11 is 0. The topological polar surface area (TPSA) is 85.6 Å². The summed E-state index contributed by atoms with van der Waals surface area (Å²) in [5.41, 5.74) is 3.49. The average Bonchev–Trinajstić information content (AvgIpc) is 3.42. The molecule has 9 heteroatoms. The molecular formula is C23H25FN4O3S. The van der Waals surface area contributed by atoms with Crippen LogP contribution < -0.4 is 4.90 Å². The Labute approximate surface area is 187 Å². The first kappa shape index (κ1) is 21.2. The number of sulfonamides is 1. The van der Waals surface area contributed by atoms with Crippen molar-refractivity contribution in [1.82, 2.24) is 4.31 Å². The van der Waals surface area contributed by atoms with Crippen molar-refractivity contribution in [3.05, 3.63) is 53.8 Å². The highest BCUT2D eigenvalue weighted by molar-refractivity contribution is 8.04. The van der Waals surface area contributed by atoms with Gasteiger partial charge in [-0.05, 0) is 54.3 Å². The lowest BCUT2D eigenvalue weighted by Gasteiger charge is -2.44. The van der Waals surface area contributed by atoms with Crippen molar-refractivity contribution in [2.45, 2.75) is 31.5 Å². The number of likely N-dealkylation sites (N-methyl/N-ethyl adjacent to an activating group) is 1. The Kier molecular flexibility index (Phi) is 5.15. The standard InChI is InChI=1S/C23H25FN4O3S/c1-14-12-25-23(26-14)32(30,31)28-10-9-18-21(13-29)27(2)20-8-5-16(11-19(20)22(18)28)15-3-6-17(24)7-4-15/h3-8,11-12,14,18,21-22,29H,9-10,13H2,1-2H3/t14?,18-,21-,22-/m1/s1. The fourth-order valence-corrected chi connectivity index (χ4v) is 6.77. The molecule has 7 nitrogen and oxygen atoms in total. The highest BCUT2D eigenvalue weighted by Crippen LogP contribution is 2.50.